The Morgan fingerprint density at radius 2 is 2.00 bits per heavy atom. The highest BCUT2D eigenvalue weighted by Crippen LogP contribution is 2.29. The van der Waals surface area contributed by atoms with Gasteiger partial charge >= 0.3 is 0 Å². The number of aromatic nitrogens is 1. The second kappa shape index (κ2) is 7.40. The summed E-state index contributed by atoms with van der Waals surface area (Å²) in [5.41, 5.74) is 1.68. The SMILES string of the molecule is Cc1ccccc1S(=O)(=O)N1CCNCC1c1cccnc1.Cl. The van der Waals surface area contributed by atoms with E-state index in [0.29, 0.717) is 24.5 Å². The van der Waals surface area contributed by atoms with Crippen molar-refractivity contribution in [3.8, 4) is 0 Å². The summed E-state index contributed by atoms with van der Waals surface area (Å²) in [6, 6.07) is 10.6. The van der Waals surface area contributed by atoms with E-state index in [1.54, 1.807) is 28.8 Å². The molecule has 5 nitrogen and oxygen atoms in total. The molecule has 0 saturated carbocycles. The third kappa shape index (κ3) is 3.55. The fourth-order valence-corrected chi connectivity index (χ4v) is 4.64. The van der Waals surface area contributed by atoms with Gasteiger partial charge in [-0.05, 0) is 30.2 Å². The molecule has 0 aliphatic carbocycles. The average Bonchev–Trinajstić information content (AvgIpc) is 2.56. The van der Waals surface area contributed by atoms with Crippen molar-refractivity contribution in [3.63, 3.8) is 0 Å². The summed E-state index contributed by atoms with van der Waals surface area (Å²) in [4.78, 5) is 4.50. The second-order valence-corrected chi connectivity index (χ2v) is 7.25. The van der Waals surface area contributed by atoms with E-state index in [9.17, 15) is 8.42 Å². The number of halogens is 1. The number of benzene rings is 1. The fourth-order valence-electron chi connectivity index (χ4n) is 2.80. The van der Waals surface area contributed by atoms with Crippen LogP contribution in [0.5, 0.6) is 0 Å². The van der Waals surface area contributed by atoms with Crippen LogP contribution >= 0.6 is 12.4 Å². The maximum Gasteiger partial charge on any atom is 0.243 e. The summed E-state index contributed by atoms with van der Waals surface area (Å²) >= 11 is 0. The van der Waals surface area contributed by atoms with Crippen LogP contribution in [-0.2, 0) is 10.0 Å². The second-order valence-electron chi connectivity index (χ2n) is 5.39. The lowest BCUT2D eigenvalue weighted by Crippen LogP contribution is -2.48. The van der Waals surface area contributed by atoms with E-state index >= 15 is 0 Å². The van der Waals surface area contributed by atoms with Gasteiger partial charge in [0.2, 0.25) is 10.0 Å². The molecule has 2 heterocycles. The van der Waals surface area contributed by atoms with Crippen molar-refractivity contribution in [2.24, 2.45) is 0 Å². The zero-order chi connectivity index (χ0) is 15.6. The van der Waals surface area contributed by atoms with Gasteiger partial charge in [-0.25, -0.2) is 8.42 Å². The standard InChI is InChI=1S/C16H19N3O2S.ClH/c1-13-5-2-3-7-16(13)22(20,21)19-10-9-18-12-15(19)14-6-4-8-17-11-14;/h2-8,11,15,18H,9-10,12H2,1H3;1H. The minimum atomic E-state index is -3.52. The third-order valence-electron chi connectivity index (χ3n) is 3.94. The molecular weight excluding hydrogens is 334 g/mol. The number of pyridine rings is 1. The largest absolute Gasteiger partial charge is 0.313 e. The van der Waals surface area contributed by atoms with E-state index in [0.717, 1.165) is 11.1 Å². The monoisotopic (exact) mass is 353 g/mol. The van der Waals surface area contributed by atoms with Crippen LogP contribution in [0.25, 0.3) is 0 Å². The van der Waals surface area contributed by atoms with E-state index < -0.39 is 10.0 Å². The topological polar surface area (TPSA) is 62.3 Å². The van der Waals surface area contributed by atoms with Gasteiger partial charge in [-0.15, -0.1) is 12.4 Å². The number of rotatable bonds is 3. The lowest BCUT2D eigenvalue weighted by Gasteiger charge is -2.35. The minimum Gasteiger partial charge on any atom is -0.313 e. The van der Waals surface area contributed by atoms with Crippen molar-refractivity contribution in [2.45, 2.75) is 17.9 Å². The first kappa shape index (κ1) is 17.9. The van der Waals surface area contributed by atoms with Crippen LogP contribution in [0.4, 0.5) is 0 Å². The van der Waals surface area contributed by atoms with Gasteiger partial charge < -0.3 is 5.32 Å². The van der Waals surface area contributed by atoms with Crippen LogP contribution in [0, 0.1) is 6.92 Å². The van der Waals surface area contributed by atoms with Crippen molar-refractivity contribution < 1.29 is 8.42 Å². The minimum absolute atomic E-state index is 0. The first-order valence-corrected chi connectivity index (χ1v) is 8.73. The Morgan fingerprint density at radius 3 is 2.70 bits per heavy atom. The van der Waals surface area contributed by atoms with Gasteiger partial charge in [-0.1, -0.05) is 24.3 Å². The molecule has 7 heteroatoms. The van der Waals surface area contributed by atoms with Crippen LogP contribution in [0.2, 0.25) is 0 Å². The van der Waals surface area contributed by atoms with Gasteiger partial charge in [0.1, 0.15) is 0 Å². The van der Waals surface area contributed by atoms with Gasteiger partial charge in [0.15, 0.2) is 0 Å². The van der Waals surface area contributed by atoms with E-state index in [4.69, 9.17) is 0 Å². The molecule has 1 atom stereocenters. The Morgan fingerprint density at radius 1 is 1.22 bits per heavy atom. The molecule has 0 bridgehead atoms. The molecule has 0 amide bonds. The Labute approximate surface area is 143 Å². The highest BCUT2D eigenvalue weighted by molar-refractivity contribution is 7.89. The summed E-state index contributed by atoms with van der Waals surface area (Å²) in [7, 11) is -3.52. The van der Waals surface area contributed by atoms with Crippen molar-refractivity contribution in [2.75, 3.05) is 19.6 Å². The quantitative estimate of drug-likeness (QED) is 0.918. The molecule has 1 aromatic carbocycles. The van der Waals surface area contributed by atoms with Gasteiger partial charge in [-0.3, -0.25) is 4.98 Å². The molecule has 23 heavy (non-hydrogen) atoms. The molecule has 0 radical (unpaired) electrons. The van der Waals surface area contributed by atoms with Crippen molar-refractivity contribution in [1.82, 2.24) is 14.6 Å². The van der Waals surface area contributed by atoms with E-state index in [1.807, 2.05) is 31.2 Å². The average molecular weight is 354 g/mol. The highest BCUT2D eigenvalue weighted by Gasteiger charge is 2.35. The fraction of sp³-hybridized carbons (Fsp3) is 0.312. The van der Waals surface area contributed by atoms with Crippen LogP contribution in [0.1, 0.15) is 17.2 Å². The molecule has 0 spiro atoms. The van der Waals surface area contributed by atoms with Crippen molar-refractivity contribution >= 4 is 22.4 Å². The maximum atomic E-state index is 13.1. The number of nitrogens with one attached hydrogen (secondary N) is 1. The summed E-state index contributed by atoms with van der Waals surface area (Å²) in [5.74, 6) is 0. The van der Waals surface area contributed by atoms with E-state index in [-0.39, 0.29) is 18.4 Å². The van der Waals surface area contributed by atoms with Crippen LogP contribution in [-0.4, -0.2) is 37.3 Å². The molecule has 1 N–H and O–H groups in total. The smallest absolute Gasteiger partial charge is 0.243 e. The number of aryl methyl sites for hydroxylation is 1. The number of sulfonamides is 1. The first-order valence-electron chi connectivity index (χ1n) is 7.29. The Balaban J connectivity index is 0.00000192. The summed E-state index contributed by atoms with van der Waals surface area (Å²) in [5, 5.41) is 3.27. The third-order valence-corrected chi connectivity index (χ3v) is 6.01. The Bertz CT molecular complexity index is 753. The van der Waals surface area contributed by atoms with Crippen molar-refractivity contribution in [3.05, 3.63) is 59.9 Å². The normalized spacial score (nSPS) is 19.1. The Kier molecular flexibility index (Phi) is 5.75. The number of hydrogen-bond donors (Lipinski definition) is 1. The van der Waals surface area contributed by atoms with E-state index in [1.165, 1.54) is 0 Å². The lowest BCUT2D eigenvalue weighted by molar-refractivity contribution is 0.271. The molecule has 124 valence electrons. The zero-order valence-electron chi connectivity index (χ0n) is 12.8. The lowest BCUT2D eigenvalue weighted by atomic mass is 10.1. The van der Waals surface area contributed by atoms with Gasteiger partial charge in [0, 0.05) is 32.0 Å². The van der Waals surface area contributed by atoms with Crippen LogP contribution < -0.4 is 5.32 Å². The molecule has 1 aliphatic heterocycles. The highest BCUT2D eigenvalue weighted by atomic mass is 35.5. The zero-order valence-corrected chi connectivity index (χ0v) is 14.5. The molecule has 1 aromatic heterocycles. The predicted octanol–water partition coefficient (Wildman–Crippen LogP) is 2.15. The summed E-state index contributed by atoms with van der Waals surface area (Å²) < 4.78 is 27.7. The molecule has 1 fully saturated rings. The van der Waals surface area contributed by atoms with Gasteiger partial charge in [0.25, 0.3) is 0 Å². The summed E-state index contributed by atoms with van der Waals surface area (Å²) in [6.07, 6.45) is 3.43. The molecule has 1 aliphatic rings. The summed E-state index contributed by atoms with van der Waals surface area (Å²) in [6.45, 7) is 3.53. The number of nitrogens with zero attached hydrogens (tertiary/aromatic N) is 2. The first-order chi connectivity index (χ1) is 10.6. The predicted molar refractivity (Wildman–Crippen MR) is 92.2 cm³/mol. The van der Waals surface area contributed by atoms with Crippen molar-refractivity contribution in [1.29, 1.82) is 0 Å². The molecule has 3 rings (SSSR count). The van der Waals surface area contributed by atoms with Crippen LogP contribution in [0.15, 0.2) is 53.7 Å². The van der Waals surface area contributed by atoms with Crippen LogP contribution in [0.3, 0.4) is 0 Å². The number of piperazine rings is 1. The molecule has 1 saturated heterocycles. The van der Waals surface area contributed by atoms with Gasteiger partial charge in [0.05, 0.1) is 10.9 Å². The number of hydrogen-bond acceptors (Lipinski definition) is 4. The molecule has 2 aromatic rings. The molecular formula is C16H20ClN3O2S. The molecule has 1 unspecified atom stereocenters. The maximum absolute atomic E-state index is 13.1. The van der Waals surface area contributed by atoms with E-state index in [2.05, 4.69) is 10.3 Å². The Hall–Kier alpha value is -1.47. The van der Waals surface area contributed by atoms with Gasteiger partial charge in [-0.2, -0.15) is 4.31 Å².